The van der Waals surface area contributed by atoms with Crippen LogP contribution in [0.4, 0.5) is 38.4 Å². The summed E-state index contributed by atoms with van der Waals surface area (Å²) in [6.45, 7) is 0. The summed E-state index contributed by atoms with van der Waals surface area (Å²) in [6.07, 6.45) is -6.30. The minimum atomic E-state index is -5.08. The van der Waals surface area contributed by atoms with Gasteiger partial charge in [-0.2, -0.15) is 13.2 Å². The van der Waals surface area contributed by atoms with Gasteiger partial charge in [0.2, 0.25) is 5.95 Å². The third kappa shape index (κ3) is 4.77. The Morgan fingerprint density at radius 2 is 1.65 bits per heavy atom. The van der Waals surface area contributed by atoms with Crippen LogP contribution in [-0.2, 0) is 10.5 Å². The number of H-pyrrole nitrogens is 1. The summed E-state index contributed by atoms with van der Waals surface area (Å²) in [5.41, 5.74) is -0.548. The van der Waals surface area contributed by atoms with Crippen molar-refractivity contribution in [2.75, 3.05) is 16.8 Å². The lowest BCUT2D eigenvalue weighted by atomic mass is 9.93. The minimum Gasteiger partial charge on any atom is -0.475 e. The van der Waals surface area contributed by atoms with Crippen molar-refractivity contribution >= 4 is 40.6 Å². The van der Waals surface area contributed by atoms with Crippen molar-refractivity contribution in [3.05, 3.63) is 89.0 Å². The zero-order valence-corrected chi connectivity index (χ0v) is 20.1. The molecule has 15 heteroatoms. The van der Waals surface area contributed by atoms with Crippen LogP contribution in [0.15, 0.2) is 60.7 Å². The van der Waals surface area contributed by atoms with Crippen molar-refractivity contribution in [3.63, 3.8) is 0 Å². The van der Waals surface area contributed by atoms with E-state index in [1.54, 1.807) is 30.3 Å². The Morgan fingerprint density at radius 3 is 2.25 bits per heavy atom. The molecule has 0 saturated carbocycles. The number of halogens is 5. The molecule has 10 nitrogen and oxygen atoms in total. The van der Waals surface area contributed by atoms with E-state index in [0.29, 0.717) is 11.0 Å². The topological polar surface area (TPSA) is 147 Å². The second-order valence-electron chi connectivity index (χ2n) is 8.39. The van der Waals surface area contributed by atoms with E-state index < -0.39 is 41.5 Å². The van der Waals surface area contributed by atoms with E-state index in [2.05, 4.69) is 9.97 Å². The van der Waals surface area contributed by atoms with E-state index in [0.717, 1.165) is 21.9 Å². The van der Waals surface area contributed by atoms with Crippen LogP contribution in [0.25, 0.3) is 11.0 Å². The highest BCUT2D eigenvalue weighted by molar-refractivity contribution is 6.12. The molecular formula is C25H17F5N4O6. The van der Waals surface area contributed by atoms with Crippen molar-refractivity contribution in [3.8, 4) is 0 Å². The van der Waals surface area contributed by atoms with Gasteiger partial charge in [-0.15, -0.1) is 0 Å². The van der Waals surface area contributed by atoms with Crippen LogP contribution in [0.3, 0.4) is 0 Å². The van der Waals surface area contributed by atoms with Gasteiger partial charge in [-0.3, -0.25) is 14.6 Å². The number of rotatable bonds is 3. The summed E-state index contributed by atoms with van der Waals surface area (Å²) in [6, 6.07) is 14.0. The highest BCUT2D eigenvalue weighted by atomic mass is 19.4. The number of hydrogen-bond acceptors (Lipinski definition) is 5. The number of fused-ring (bicyclic) bond motifs is 2. The number of carbonyl (C=O) groups excluding carboxylic acids is 1. The van der Waals surface area contributed by atoms with Crippen molar-refractivity contribution in [1.82, 2.24) is 9.97 Å². The lowest BCUT2D eigenvalue weighted by Gasteiger charge is -2.34. The first-order valence-corrected chi connectivity index (χ1v) is 11.0. The first-order valence-electron chi connectivity index (χ1n) is 11.0. The number of carbonyl (C=O) groups is 3. The molecule has 40 heavy (non-hydrogen) atoms. The van der Waals surface area contributed by atoms with Crippen LogP contribution in [-0.4, -0.2) is 56.5 Å². The van der Waals surface area contributed by atoms with Gasteiger partial charge < -0.3 is 20.3 Å². The fourth-order valence-corrected chi connectivity index (χ4v) is 4.03. The van der Waals surface area contributed by atoms with Gasteiger partial charge in [0.15, 0.2) is 17.4 Å². The van der Waals surface area contributed by atoms with Gasteiger partial charge >= 0.3 is 18.2 Å². The van der Waals surface area contributed by atoms with Gasteiger partial charge in [-0.05, 0) is 30.3 Å². The largest absolute Gasteiger partial charge is 0.490 e. The van der Waals surface area contributed by atoms with Crippen molar-refractivity contribution in [2.45, 2.75) is 11.9 Å². The van der Waals surface area contributed by atoms with Crippen LogP contribution in [0.5, 0.6) is 0 Å². The van der Waals surface area contributed by atoms with E-state index >= 15 is 0 Å². The first-order chi connectivity index (χ1) is 18.7. The minimum absolute atomic E-state index is 0.0361. The summed E-state index contributed by atoms with van der Waals surface area (Å²) >= 11 is 0. The van der Waals surface area contributed by atoms with E-state index in [1.807, 2.05) is 0 Å². The van der Waals surface area contributed by atoms with Gasteiger partial charge in [0.25, 0.3) is 5.91 Å². The molecule has 2 amide bonds. The Morgan fingerprint density at radius 1 is 1.00 bits per heavy atom. The predicted octanol–water partition coefficient (Wildman–Crippen LogP) is 4.44. The average molecular weight is 564 g/mol. The van der Waals surface area contributed by atoms with E-state index in [-0.39, 0.29) is 28.3 Å². The van der Waals surface area contributed by atoms with Gasteiger partial charge in [-0.1, -0.05) is 24.3 Å². The number of aromatic nitrogens is 2. The number of carboxylic acids is 1. The van der Waals surface area contributed by atoms with E-state index in [1.165, 1.54) is 25.2 Å². The molecule has 2 heterocycles. The Balaban J connectivity index is 0.000000470. The molecule has 0 fully saturated rings. The fraction of sp³-hybridized carbons (Fsp3) is 0.120. The van der Waals surface area contributed by atoms with Crippen molar-refractivity contribution < 1.29 is 51.7 Å². The Hall–Kier alpha value is -5.05. The number of nitrogens with one attached hydrogen (secondary N) is 1. The second-order valence-corrected chi connectivity index (χ2v) is 8.39. The van der Waals surface area contributed by atoms with Gasteiger partial charge in [0, 0.05) is 29.8 Å². The summed E-state index contributed by atoms with van der Waals surface area (Å²) < 4.78 is 59.3. The maximum Gasteiger partial charge on any atom is 0.490 e. The molecule has 3 aromatic carbocycles. The molecule has 0 saturated heterocycles. The third-order valence-electron chi connectivity index (χ3n) is 5.94. The molecule has 1 unspecified atom stereocenters. The van der Waals surface area contributed by atoms with Gasteiger partial charge in [-0.25, -0.2) is 23.4 Å². The highest BCUT2D eigenvalue weighted by Gasteiger charge is 2.51. The molecule has 1 aromatic heterocycles. The number of aromatic amines is 1. The van der Waals surface area contributed by atoms with E-state index in [9.17, 15) is 41.8 Å². The van der Waals surface area contributed by atoms with Crippen LogP contribution < -0.4 is 9.80 Å². The molecule has 5 rings (SSSR count). The monoisotopic (exact) mass is 564 g/mol. The normalized spacial score (nSPS) is 16.4. The Kier molecular flexibility index (Phi) is 6.94. The standard InChI is InChI=1S/C23H16F2N4O4.C2HF3O2/c1-28(22(31)32)21-26-18-9-6-12(10-19(18)27-21)23(33)15-5-3-2-4-14(15)20(30)29(23)13-7-8-16(24)17(25)11-13;3-2(4,5)1(6)7/h2-11,33H,1H3,(H,26,27)(H,31,32);(H,6,7). The second kappa shape index (κ2) is 9.92. The number of benzene rings is 3. The third-order valence-corrected chi connectivity index (χ3v) is 5.94. The maximum atomic E-state index is 14.0. The molecule has 4 aromatic rings. The first kappa shape index (κ1) is 28.0. The molecule has 1 aliphatic heterocycles. The molecule has 1 atom stereocenters. The SMILES string of the molecule is CN(C(=O)O)c1nc2cc(C3(O)c4ccccc4C(=O)N3c3ccc(F)c(F)c3)ccc2[nH]1.O=C(O)C(F)(F)F. The zero-order chi connectivity index (χ0) is 29.6. The number of hydrogen-bond donors (Lipinski definition) is 4. The zero-order valence-electron chi connectivity index (χ0n) is 20.1. The molecule has 0 aliphatic carbocycles. The average Bonchev–Trinajstić information content (AvgIpc) is 3.42. The number of imidazole rings is 1. The van der Waals surface area contributed by atoms with Crippen molar-refractivity contribution in [1.29, 1.82) is 0 Å². The van der Waals surface area contributed by atoms with Crippen molar-refractivity contribution in [2.24, 2.45) is 0 Å². The summed E-state index contributed by atoms with van der Waals surface area (Å²) in [5.74, 6) is -5.52. The van der Waals surface area contributed by atoms with Crippen LogP contribution in [0, 0.1) is 11.6 Å². The Bertz CT molecular complexity index is 1660. The number of nitrogens with zero attached hydrogens (tertiary/aromatic N) is 3. The molecule has 4 N–H and O–H groups in total. The number of anilines is 2. The lowest BCUT2D eigenvalue weighted by Crippen LogP contribution is -2.45. The van der Waals surface area contributed by atoms with Gasteiger partial charge in [0.05, 0.1) is 16.7 Å². The smallest absolute Gasteiger partial charge is 0.475 e. The summed E-state index contributed by atoms with van der Waals surface area (Å²) in [7, 11) is 1.32. The molecule has 0 spiro atoms. The van der Waals surface area contributed by atoms with Crippen LogP contribution >= 0.6 is 0 Å². The highest BCUT2D eigenvalue weighted by Crippen LogP contribution is 2.45. The number of aliphatic carboxylic acids is 1. The molecule has 0 radical (unpaired) electrons. The summed E-state index contributed by atoms with van der Waals surface area (Å²) in [5, 5.41) is 28.3. The maximum absolute atomic E-state index is 14.0. The summed E-state index contributed by atoms with van der Waals surface area (Å²) in [4.78, 5) is 42.4. The number of amides is 2. The van der Waals surface area contributed by atoms with E-state index in [4.69, 9.17) is 9.90 Å². The van der Waals surface area contributed by atoms with Crippen LogP contribution in [0.1, 0.15) is 21.5 Å². The predicted molar refractivity (Wildman–Crippen MR) is 129 cm³/mol. The molecular weight excluding hydrogens is 547 g/mol. The quantitative estimate of drug-likeness (QED) is 0.269. The lowest BCUT2D eigenvalue weighted by molar-refractivity contribution is -0.192. The van der Waals surface area contributed by atoms with Crippen LogP contribution in [0.2, 0.25) is 0 Å². The number of aliphatic hydroxyl groups is 1. The Labute approximate surface area is 220 Å². The number of alkyl halides is 3. The van der Waals surface area contributed by atoms with Gasteiger partial charge in [0.1, 0.15) is 0 Å². The number of carboxylic acid groups (broad SMARTS) is 2. The molecule has 1 aliphatic rings. The molecule has 0 bridgehead atoms. The fourth-order valence-electron chi connectivity index (χ4n) is 4.03. The molecule has 208 valence electrons.